The molecule has 2 heterocycles. The van der Waals surface area contributed by atoms with E-state index in [1.165, 1.54) is 11.8 Å². The first-order valence-electron chi connectivity index (χ1n) is 9.31. The molecule has 1 aromatic carbocycles. The molecule has 0 spiro atoms. The first-order valence-corrected chi connectivity index (χ1v) is 9.31. The zero-order chi connectivity index (χ0) is 19.6. The lowest BCUT2D eigenvalue weighted by Gasteiger charge is -2.24. The number of hydrogen-bond donors (Lipinski definition) is 2. The number of anilines is 1. The van der Waals surface area contributed by atoms with E-state index in [4.69, 9.17) is 4.42 Å². The van der Waals surface area contributed by atoms with Crippen molar-refractivity contribution in [3.8, 4) is 0 Å². The van der Waals surface area contributed by atoms with Gasteiger partial charge in [-0.25, -0.2) is 4.79 Å². The summed E-state index contributed by atoms with van der Waals surface area (Å²) in [6, 6.07) is 9.22. The molecule has 1 amide bonds. The van der Waals surface area contributed by atoms with Crippen molar-refractivity contribution in [3.63, 3.8) is 0 Å². The number of fused-ring (bicyclic) bond motifs is 1. The summed E-state index contributed by atoms with van der Waals surface area (Å²) in [7, 11) is 0. The molecule has 0 aliphatic carbocycles. The minimum absolute atomic E-state index is 0.164. The molecular weight excluding hydrogens is 344 g/mol. The van der Waals surface area contributed by atoms with Crippen molar-refractivity contribution in [1.82, 2.24) is 5.32 Å². The molecule has 6 nitrogen and oxygen atoms in total. The van der Waals surface area contributed by atoms with Crippen molar-refractivity contribution >= 4 is 17.6 Å². The molecule has 3 rings (SSSR count). The maximum atomic E-state index is 12.7. The molecule has 0 fully saturated rings. The van der Waals surface area contributed by atoms with Gasteiger partial charge in [-0.05, 0) is 43.4 Å². The van der Waals surface area contributed by atoms with Gasteiger partial charge in [0.15, 0.2) is 0 Å². The first-order chi connectivity index (χ1) is 12.9. The van der Waals surface area contributed by atoms with Crippen molar-refractivity contribution in [2.24, 2.45) is 5.92 Å². The van der Waals surface area contributed by atoms with Gasteiger partial charge >= 0.3 is 5.97 Å². The number of amides is 1. The summed E-state index contributed by atoms with van der Waals surface area (Å²) in [5, 5.41) is 12.0. The molecule has 144 valence electrons. The molecule has 2 atom stereocenters. The third-order valence-corrected chi connectivity index (χ3v) is 4.96. The Morgan fingerprint density at radius 2 is 2.04 bits per heavy atom. The first kappa shape index (κ1) is 19.0. The van der Waals surface area contributed by atoms with Gasteiger partial charge in [-0.15, -0.1) is 0 Å². The molecule has 1 aliphatic heterocycles. The summed E-state index contributed by atoms with van der Waals surface area (Å²) < 4.78 is 5.58. The number of benzene rings is 1. The fourth-order valence-electron chi connectivity index (χ4n) is 3.62. The van der Waals surface area contributed by atoms with Gasteiger partial charge in [0.25, 0.3) is 5.91 Å². The molecule has 1 unspecified atom stereocenters. The molecule has 27 heavy (non-hydrogen) atoms. The van der Waals surface area contributed by atoms with Gasteiger partial charge in [0.1, 0.15) is 11.8 Å². The second-order valence-corrected chi connectivity index (χ2v) is 7.56. The van der Waals surface area contributed by atoms with Gasteiger partial charge in [-0.1, -0.05) is 32.0 Å². The van der Waals surface area contributed by atoms with Crippen LogP contribution in [0.15, 0.2) is 41.0 Å². The minimum atomic E-state index is -1.02. The standard InChI is InChI=1S/C21H26N2O4/c1-13(2)10-17(21(25)26)22-20(24)16-8-9-27-19(16)12-23-14(3)11-15-6-4-5-7-18(15)23/h4-9,13-14,17H,10-12H2,1-3H3,(H,22,24)(H,25,26)/t14?,17-/m1/s1. The number of carbonyl (C=O) groups excluding carboxylic acids is 1. The van der Waals surface area contributed by atoms with Gasteiger partial charge in [0.2, 0.25) is 0 Å². The summed E-state index contributed by atoms with van der Waals surface area (Å²) in [5.74, 6) is -0.724. The van der Waals surface area contributed by atoms with E-state index < -0.39 is 17.9 Å². The number of aliphatic carboxylic acids is 1. The van der Waals surface area contributed by atoms with Crippen LogP contribution in [0.25, 0.3) is 0 Å². The lowest BCUT2D eigenvalue weighted by atomic mass is 10.0. The summed E-state index contributed by atoms with van der Waals surface area (Å²) in [6.45, 7) is 6.47. The average Bonchev–Trinajstić information content (AvgIpc) is 3.19. The second kappa shape index (κ2) is 7.86. The third kappa shape index (κ3) is 4.15. The topological polar surface area (TPSA) is 82.8 Å². The molecule has 2 N–H and O–H groups in total. The Kier molecular flexibility index (Phi) is 5.54. The fourth-order valence-corrected chi connectivity index (χ4v) is 3.62. The van der Waals surface area contributed by atoms with Crippen LogP contribution in [-0.4, -0.2) is 29.1 Å². The average molecular weight is 370 g/mol. The molecule has 0 saturated heterocycles. The maximum absolute atomic E-state index is 12.7. The monoisotopic (exact) mass is 370 g/mol. The van der Waals surface area contributed by atoms with Crippen LogP contribution in [0.5, 0.6) is 0 Å². The number of furan rings is 1. The Morgan fingerprint density at radius 1 is 1.30 bits per heavy atom. The molecule has 6 heteroatoms. The van der Waals surface area contributed by atoms with Crippen LogP contribution in [0.4, 0.5) is 5.69 Å². The van der Waals surface area contributed by atoms with Gasteiger partial charge < -0.3 is 19.7 Å². The quantitative estimate of drug-likeness (QED) is 0.780. The summed E-state index contributed by atoms with van der Waals surface area (Å²) in [5.41, 5.74) is 2.82. The number of hydrogen-bond acceptors (Lipinski definition) is 4. The highest BCUT2D eigenvalue weighted by Crippen LogP contribution is 2.33. The Morgan fingerprint density at radius 3 is 2.74 bits per heavy atom. The highest BCUT2D eigenvalue weighted by molar-refractivity contribution is 5.97. The molecule has 2 aromatic rings. The highest BCUT2D eigenvalue weighted by atomic mass is 16.4. The lowest BCUT2D eigenvalue weighted by Crippen LogP contribution is -2.42. The van der Waals surface area contributed by atoms with Crippen LogP contribution >= 0.6 is 0 Å². The molecule has 1 aromatic heterocycles. The van der Waals surface area contributed by atoms with Gasteiger partial charge in [-0.2, -0.15) is 0 Å². The van der Waals surface area contributed by atoms with E-state index in [9.17, 15) is 14.7 Å². The number of nitrogens with zero attached hydrogens (tertiary/aromatic N) is 1. The Balaban J connectivity index is 1.76. The number of carboxylic acids is 1. The third-order valence-electron chi connectivity index (χ3n) is 4.96. The molecular formula is C21H26N2O4. The van der Waals surface area contributed by atoms with Crippen molar-refractivity contribution in [2.45, 2.75) is 52.2 Å². The second-order valence-electron chi connectivity index (χ2n) is 7.56. The van der Waals surface area contributed by atoms with E-state index in [1.807, 2.05) is 26.0 Å². The van der Waals surface area contributed by atoms with E-state index in [0.29, 0.717) is 30.3 Å². The van der Waals surface area contributed by atoms with Crippen molar-refractivity contribution < 1.29 is 19.1 Å². The molecule has 1 aliphatic rings. The van der Waals surface area contributed by atoms with Crippen molar-refractivity contribution in [3.05, 3.63) is 53.5 Å². The van der Waals surface area contributed by atoms with E-state index in [1.54, 1.807) is 6.07 Å². The lowest BCUT2D eigenvalue weighted by molar-refractivity contribution is -0.139. The normalized spacial score (nSPS) is 17.0. The molecule has 0 bridgehead atoms. The number of nitrogens with one attached hydrogen (secondary N) is 1. The van der Waals surface area contributed by atoms with Crippen LogP contribution in [0.3, 0.4) is 0 Å². The van der Waals surface area contributed by atoms with Crippen molar-refractivity contribution in [2.75, 3.05) is 4.90 Å². The number of carboxylic acid groups (broad SMARTS) is 1. The van der Waals surface area contributed by atoms with Gasteiger partial charge in [-0.3, -0.25) is 4.79 Å². The zero-order valence-electron chi connectivity index (χ0n) is 15.9. The van der Waals surface area contributed by atoms with E-state index >= 15 is 0 Å². The van der Waals surface area contributed by atoms with E-state index in [-0.39, 0.29) is 5.92 Å². The van der Waals surface area contributed by atoms with Crippen LogP contribution in [0.1, 0.15) is 48.9 Å². The maximum Gasteiger partial charge on any atom is 0.326 e. The number of carbonyl (C=O) groups is 2. The van der Waals surface area contributed by atoms with Crippen LogP contribution in [0.2, 0.25) is 0 Å². The summed E-state index contributed by atoms with van der Waals surface area (Å²) in [4.78, 5) is 26.3. The molecule has 0 radical (unpaired) electrons. The summed E-state index contributed by atoms with van der Waals surface area (Å²) in [6.07, 6.45) is 2.81. The Labute approximate surface area is 159 Å². The van der Waals surface area contributed by atoms with Crippen LogP contribution in [0, 0.1) is 5.92 Å². The van der Waals surface area contributed by atoms with Gasteiger partial charge in [0.05, 0.1) is 18.4 Å². The highest BCUT2D eigenvalue weighted by Gasteiger charge is 2.29. The van der Waals surface area contributed by atoms with E-state index in [2.05, 4.69) is 29.3 Å². The van der Waals surface area contributed by atoms with E-state index in [0.717, 1.165) is 12.1 Å². The largest absolute Gasteiger partial charge is 0.480 e. The Bertz CT molecular complexity index is 827. The fraction of sp³-hybridized carbons (Fsp3) is 0.429. The van der Waals surface area contributed by atoms with Crippen molar-refractivity contribution in [1.29, 1.82) is 0 Å². The zero-order valence-corrected chi connectivity index (χ0v) is 15.9. The Hall–Kier alpha value is -2.76. The van der Waals surface area contributed by atoms with Gasteiger partial charge in [0, 0.05) is 11.7 Å². The molecule has 0 saturated carbocycles. The van der Waals surface area contributed by atoms with Crippen LogP contribution < -0.4 is 10.2 Å². The predicted octanol–water partition coefficient (Wildman–Crippen LogP) is 3.46. The smallest absolute Gasteiger partial charge is 0.326 e. The SMILES string of the molecule is CC(C)C[C@@H](NC(=O)c1ccoc1CN1c2ccccc2CC1C)C(=O)O. The minimum Gasteiger partial charge on any atom is -0.480 e. The predicted molar refractivity (Wildman–Crippen MR) is 103 cm³/mol. The van der Waals surface area contributed by atoms with Crippen LogP contribution in [-0.2, 0) is 17.8 Å². The number of para-hydroxylation sites is 1. The number of rotatable bonds is 7. The summed E-state index contributed by atoms with van der Waals surface area (Å²) >= 11 is 0.